The third kappa shape index (κ3) is 4.25. The molecule has 1 aromatic rings. The first-order chi connectivity index (χ1) is 9.78. The summed E-state index contributed by atoms with van der Waals surface area (Å²) in [5.41, 5.74) is 7.03. The number of sulfonamides is 1. The average molecular weight is 326 g/mol. The molecule has 21 heavy (non-hydrogen) atoms. The minimum absolute atomic E-state index is 0.00287. The van der Waals surface area contributed by atoms with Gasteiger partial charge in [0.1, 0.15) is 4.99 Å². The Kier molecular flexibility index (Phi) is 5.01. The zero-order valence-corrected chi connectivity index (χ0v) is 14.1. The van der Waals surface area contributed by atoms with Gasteiger partial charge in [-0.1, -0.05) is 44.3 Å². The maximum absolute atomic E-state index is 12.6. The first-order valence-electron chi connectivity index (χ1n) is 7.14. The van der Waals surface area contributed by atoms with Gasteiger partial charge in [-0.15, -0.1) is 0 Å². The van der Waals surface area contributed by atoms with Crippen molar-refractivity contribution in [3.8, 4) is 0 Å². The van der Waals surface area contributed by atoms with Gasteiger partial charge in [0.25, 0.3) is 0 Å². The molecule has 2 N–H and O–H groups in total. The lowest BCUT2D eigenvalue weighted by Gasteiger charge is -2.34. The van der Waals surface area contributed by atoms with Crippen LogP contribution in [0, 0.1) is 11.8 Å². The predicted octanol–water partition coefficient (Wildman–Crippen LogP) is 2.13. The largest absolute Gasteiger partial charge is 0.389 e. The Morgan fingerprint density at radius 1 is 1.33 bits per heavy atom. The Hall–Kier alpha value is -0.980. The molecule has 1 saturated heterocycles. The first-order valence-corrected chi connectivity index (χ1v) is 9.16. The van der Waals surface area contributed by atoms with Gasteiger partial charge in [-0.3, -0.25) is 0 Å². The predicted molar refractivity (Wildman–Crippen MR) is 89.5 cm³/mol. The molecule has 0 amide bonds. The van der Waals surface area contributed by atoms with Gasteiger partial charge >= 0.3 is 0 Å². The van der Waals surface area contributed by atoms with E-state index in [2.05, 4.69) is 13.8 Å². The molecule has 0 radical (unpaired) electrons. The molecule has 1 fully saturated rings. The lowest BCUT2D eigenvalue weighted by Crippen LogP contribution is -2.43. The second kappa shape index (κ2) is 6.42. The maximum Gasteiger partial charge on any atom is 0.218 e. The van der Waals surface area contributed by atoms with Gasteiger partial charge in [-0.05, 0) is 29.9 Å². The summed E-state index contributed by atoms with van der Waals surface area (Å²) in [4.78, 5) is 0.287. The fourth-order valence-electron chi connectivity index (χ4n) is 2.95. The molecule has 2 unspecified atom stereocenters. The Bertz CT molecular complexity index is 618. The molecular weight excluding hydrogens is 304 g/mol. The number of hydrogen-bond donors (Lipinski definition) is 1. The molecule has 0 bridgehead atoms. The molecule has 4 nitrogen and oxygen atoms in total. The summed E-state index contributed by atoms with van der Waals surface area (Å²) in [6, 6.07) is 7.15. The molecule has 0 aliphatic carbocycles. The maximum atomic E-state index is 12.6. The molecule has 0 spiro atoms. The highest BCUT2D eigenvalue weighted by atomic mass is 32.2. The Morgan fingerprint density at radius 3 is 2.52 bits per heavy atom. The number of nitrogens with zero attached hydrogens (tertiary/aromatic N) is 1. The van der Waals surface area contributed by atoms with Gasteiger partial charge in [0.15, 0.2) is 0 Å². The monoisotopic (exact) mass is 326 g/mol. The van der Waals surface area contributed by atoms with E-state index in [1.807, 2.05) is 0 Å². The van der Waals surface area contributed by atoms with Gasteiger partial charge in [-0.25, -0.2) is 12.7 Å². The van der Waals surface area contributed by atoms with Crippen LogP contribution in [0.1, 0.15) is 31.4 Å². The summed E-state index contributed by atoms with van der Waals surface area (Å²) in [7, 11) is -3.30. The van der Waals surface area contributed by atoms with Crippen molar-refractivity contribution in [2.45, 2.75) is 26.0 Å². The van der Waals surface area contributed by atoms with E-state index < -0.39 is 10.0 Å². The average Bonchev–Trinajstić information content (AvgIpc) is 2.37. The number of rotatable bonds is 4. The van der Waals surface area contributed by atoms with Crippen LogP contribution in [0.5, 0.6) is 0 Å². The summed E-state index contributed by atoms with van der Waals surface area (Å²) < 4.78 is 26.8. The molecule has 0 aromatic heterocycles. The van der Waals surface area contributed by atoms with Gasteiger partial charge < -0.3 is 5.73 Å². The number of benzene rings is 1. The molecular formula is C15H22N2O2S2. The molecule has 6 heteroatoms. The fourth-order valence-corrected chi connectivity index (χ4v) is 4.82. The molecule has 1 heterocycles. The minimum atomic E-state index is -3.30. The van der Waals surface area contributed by atoms with Gasteiger partial charge in [-0.2, -0.15) is 0 Å². The molecule has 2 rings (SSSR count). The molecule has 2 atom stereocenters. The van der Waals surface area contributed by atoms with E-state index in [1.54, 1.807) is 28.6 Å². The lowest BCUT2D eigenvalue weighted by molar-refractivity contribution is 0.222. The second-order valence-corrected chi connectivity index (χ2v) is 8.49. The van der Waals surface area contributed by atoms with Crippen LogP contribution in [0.15, 0.2) is 24.3 Å². The Morgan fingerprint density at radius 2 is 1.95 bits per heavy atom. The van der Waals surface area contributed by atoms with E-state index in [9.17, 15) is 8.42 Å². The van der Waals surface area contributed by atoms with Crippen LogP contribution >= 0.6 is 12.2 Å². The highest BCUT2D eigenvalue weighted by molar-refractivity contribution is 7.88. The van der Waals surface area contributed by atoms with Crippen molar-refractivity contribution in [2.75, 3.05) is 13.1 Å². The normalized spacial score (nSPS) is 23.9. The number of thiocarbonyl (C=S) groups is 1. The van der Waals surface area contributed by atoms with Crippen molar-refractivity contribution in [2.24, 2.45) is 17.6 Å². The quantitative estimate of drug-likeness (QED) is 0.861. The van der Waals surface area contributed by atoms with E-state index >= 15 is 0 Å². The zero-order valence-electron chi connectivity index (χ0n) is 12.5. The van der Waals surface area contributed by atoms with Crippen molar-refractivity contribution in [3.63, 3.8) is 0 Å². The SMILES string of the molecule is CC1CC(C)CN(S(=O)(=O)Cc2cccc(C(N)=S)c2)C1. The van der Waals surface area contributed by atoms with E-state index in [-0.39, 0.29) is 10.7 Å². The number of hydrogen-bond acceptors (Lipinski definition) is 3. The highest BCUT2D eigenvalue weighted by Gasteiger charge is 2.30. The second-order valence-electron chi connectivity index (χ2n) is 6.08. The van der Waals surface area contributed by atoms with Crippen molar-refractivity contribution < 1.29 is 8.42 Å². The van der Waals surface area contributed by atoms with Crippen LogP contribution in [-0.4, -0.2) is 30.8 Å². The Labute approximate surface area is 132 Å². The fraction of sp³-hybridized carbons (Fsp3) is 0.533. The van der Waals surface area contributed by atoms with Gasteiger partial charge in [0.2, 0.25) is 10.0 Å². The molecule has 116 valence electrons. The van der Waals surface area contributed by atoms with E-state index in [0.29, 0.717) is 30.5 Å². The van der Waals surface area contributed by atoms with Crippen molar-refractivity contribution in [1.82, 2.24) is 4.31 Å². The summed E-state index contributed by atoms with van der Waals surface area (Å²) in [6.45, 7) is 5.43. The summed E-state index contributed by atoms with van der Waals surface area (Å²) in [6.07, 6.45) is 1.09. The molecule has 0 saturated carbocycles. The van der Waals surface area contributed by atoms with Crippen molar-refractivity contribution >= 4 is 27.2 Å². The Balaban J connectivity index is 2.17. The third-order valence-electron chi connectivity index (χ3n) is 3.79. The van der Waals surface area contributed by atoms with Crippen LogP contribution in [-0.2, 0) is 15.8 Å². The lowest BCUT2D eigenvalue weighted by atomic mass is 9.94. The molecule has 1 aromatic carbocycles. The summed E-state index contributed by atoms with van der Waals surface area (Å²) >= 11 is 4.94. The summed E-state index contributed by atoms with van der Waals surface area (Å²) in [5, 5.41) is 0. The number of piperidine rings is 1. The minimum Gasteiger partial charge on any atom is -0.389 e. The van der Waals surface area contributed by atoms with Crippen LogP contribution in [0.4, 0.5) is 0 Å². The van der Waals surface area contributed by atoms with Crippen molar-refractivity contribution in [1.29, 1.82) is 0 Å². The van der Waals surface area contributed by atoms with E-state index in [0.717, 1.165) is 12.0 Å². The molecule has 1 aliphatic heterocycles. The summed E-state index contributed by atoms with van der Waals surface area (Å²) in [5.74, 6) is 0.820. The van der Waals surface area contributed by atoms with Crippen LogP contribution in [0.3, 0.4) is 0 Å². The smallest absolute Gasteiger partial charge is 0.218 e. The molecule has 1 aliphatic rings. The van der Waals surface area contributed by atoms with Crippen LogP contribution in [0.2, 0.25) is 0 Å². The van der Waals surface area contributed by atoms with Crippen molar-refractivity contribution in [3.05, 3.63) is 35.4 Å². The van der Waals surface area contributed by atoms with Gasteiger partial charge in [0.05, 0.1) is 5.75 Å². The van der Waals surface area contributed by atoms with Crippen LogP contribution < -0.4 is 5.73 Å². The van der Waals surface area contributed by atoms with Crippen LogP contribution in [0.25, 0.3) is 0 Å². The zero-order chi connectivity index (χ0) is 15.6. The van der Waals surface area contributed by atoms with E-state index in [4.69, 9.17) is 18.0 Å². The topological polar surface area (TPSA) is 63.4 Å². The third-order valence-corrected chi connectivity index (χ3v) is 5.81. The first kappa shape index (κ1) is 16.4. The number of nitrogens with two attached hydrogens (primary N) is 1. The van der Waals surface area contributed by atoms with E-state index in [1.165, 1.54) is 0 Å². The van der Waals surface area contributed by atoms with Gasteiger partial charge in [0, 0.05) is 18.7 Å². The standard InChI is InChI=1S/C15H22N2O2S2/c1-11-6-12(2)9-17(8-11)21(18,19)10-13-4-3-5-14(7-13)15(16)20/h3-5,7,11-12H,6,8-10H2,1-2H3,(H2,16,20). The highest BCUT2D eigenvalue weighted by Crippen LogP contribution is 2.24.